The number of aryl methyl sites for hydroxylation is 1. The van der Waals surface area contributed by atoms with E-state index in [2.05, 4.69) is 57.1 Å². The van der Waals surface area contributed by atoms with E-state index in [0.29, 0.717) is 42.2 Å². The Hall–Kier alpha value is -3.94. The van der Waals surface area contributed by atoms with E-state index in [1.165, 1.54) is 18.5 Å². The standard InChI is InChI=1S/C27H28N6O2/c1-4-33-26(35-20-11-12-21-22(13-20)27(2,3)15-28-25(21)34)30-24(31-33)18-7-9-19(10-8-18)32-14-23(29-16-32)17-5-6-17/h7-14,16-17H,4-6,15H2,1-3H3,(H,28,34). The average molecular weight is 469 g/mol. The molecule has 0 unspecified atom stereocenters. The summed E-state index contributed by atoms with van der Waals surface area (Å²) in [4.78, 5) is 21.5. The molecule has 2 aliphatic rings. The van der Waals surface area contributed by atoms with Crippen LogP contribution in [0.2, 0.25) is 0 Å². The van der Waals surface area contributed by atoms with E-state index in [1.807, 2.05) is 43.6 Å². The van der Waals surface area contributed by atoms with Crippen LogP contribution < -0.4 is 10.1 Å². The number of hydrogen-bond acceptors (Lipinski definition) is 5. The van der Waals surface area contributed by atoms with Gasteiger partial charge in [-0.2, -0.15) is 4.98 Å². The Morgan fingerprint density at radius 3 is 2.69 bits per heavy atom. The summed E-state index contributed by atoms with van der Waals surface area (Å²) >= 11 is 0. The van der Waals surface area contributed by atoms with Gasteiger partial charge in [-0.15, -0.1) is 5.10 Å². The van der Waals surface area contributed by atoms with E-state index < -0.39 is 0 Å². The van der Waals surface area contributed by atoms with Crippen LogP contribution in [0, 0.1) is 0 Å². The summed E-state index contributed by atoms with van der Waals surface area (Å²) in [6, 6.07) is 14.1. The zero-order valence-corrected chi connectivity index (χ0v) is 20.2. The molecule has 4 aromatic rings. The number of nitrogens with zero attached hydrogens (tertiary/aromatic N) is 5. The molecule has 0 atom stereocenters. The predicted octanol–water partition coefficient (Wildman–Crippen LogP) is 4.84. The van der Waals surface area contributed by atoms with E-state index in [1.54, 1.807) is 4.68 Å². The molecule has 3 heterocycles. The minimum Gasteiger partial charge on any atom is -0.424 e. The third-order valence-electron chi connectivity index (χ3n) is 6.82. The average Bonchev–Trinajstić information content (AvgIpc) is 3.45. The summed E-state index contributed by atoms with van der Waals surface area (Å²) in [5.74, 6) is 1.83. The van der Waals surface area contributed by atoms with Crippen molar-refractivity contribution in [3.05, 3.63) is 71.8 Å². The van der Waals surface area contributed by atoms with Crippen LogP contribution >= 0.6 is 0 Å². The summed E-state index contributed by atoms with van der Waals surface area (Å²) in [7, 11) is 0. The van der Waals surface area contributed by atoms with Gasteiger partial charge in [0.25, 0.3) is 5.91 Å². The largest absolute Gasteiger partial charge is 0.424 e. The van der Waals surface area contributed by atoms with Crippen molar-refractivity contribution >= 4 is 5.91 Å². The lowest BCUT2D eigenvalue weighted by Crippen LogP contribution is -2.43. The van der Waals surface area contributed by atoms with E-state index >= 15 is 0 Å². The second kappa shape index (κ2) is 8.08. The molecule has 178 valence electrons. The number of ether oxygens (including phenoxy) is 1. The molecule has 1 aliphatic heterocycles. The molecule has 0 spiro atoms. The third kappa shape index (κ3) is 3.99. The Labute approximate surface area is 204 Å². The van der Waals surface area contributed by atoms with Gasteiger partial charge < -0.3 is 14.6 Å². The van der Waals surface area contributed by atoms with Crippen LogP contribution in [0.4, 0.5) is 0 Å². The van der Waals surface area contributed by atoms with E-state index in [9.17, 15) is 4.79 Å². The Bertz CT molecular complexity index is 1410. The quantitative estimate of drug-likeness (QED) is 0.438. The molecule has 0 radical (unpaired) electrons. The van der Waals surface area contributed by atoms with Crippen molar-refractivity contribution in [1.82, 2.24) is 29.6 Å². The van der Waals surface area contributed by atoms with E-state index in [4.69, 9.17) is 4.74 Å². The van der Waals surface area contributed by atoms with Gasteiger partial charge in [0.1, 0.15) is 5.75 Å². The molecule has 1 saturated carbocycles. The Morgan fingerprint density at radius 1 is 1.14 bits per heavy atom. The monoisotopic (exact) mass is 468 g/mol. The maximum absolute atomic E-state index is 12.3. The summed E-state index contributed by atoms with van der Waals surface area (Å²) in [5, 5.41) is 7.61. The number of carbonyl (C=O) groups excluding carboxylic acids is 1. The number of benzene rings is 2. The van der Waals surface area contributed by atoms with Crippen LogP contribution in [-0.2, 0) is 12.0 Å². The van der Waals surface area contributed by atoms with Gasteiger partial charge in [-0.25, -0.2) is 9.67 Å². The van der Waals surface area contributed by atoms with Crippen LogP contribution in [-0.4, -0.2) is 36.8 Å². The van der Waals surface area contributed by atoms with Gasteiger partial charge in [0.15, 0.2) is 5.82 Å². The van der Waals surface area contributed by atoms with Crippen molar-refractivity contribution < 1.29 is 9.53 Å². The lowest BCUT2D eigenvalue weighted by Gasteiger charge is -2.32. The van der Waals surface area contributed by atoms with Gasteiger partial charge >= 0.3 is 6.01 Å². The summed E-state index contributed by atoms with van der Waals surface area (Å²) in [6.45, 7) is 7.45. The Kier molecular flexibility index (Phi) is 4.98. The van der Waals surface area contributed by atoms with Gasteiger partial charge in [0.2, 0.25) is 0 Å². The Morgan fingerprint density at radius 2 is 1.94 bits per heavy atom. The summed E-state index contributed by atoms with van der Waals surface area (Å²) in [5.41, 5.74) is 4.62. The van der Waals surface area contributed by atoms with Crippen LogP contribution in [0.5, 0.6) is 11.8 Å². The number of rotatable bonds is 6. The fraction of sp³-hybridized carbons (Fsp3) is 0.333. The Balaban J connectivity index is 1.26. The van der Waals surface area contributed by atoms with Crippen LogP contribution in [0.1, 0.15) is 61.1 Å². The maximum Gasteiger partial charge on any atom is 0.320 e. The number of fused-ring (bicyclic) bond motifs is 1. The molecule has 0 bridgehead atoms. The highest BCUT2D eigenvalue weighted by Crippen LogP contribution is 2.39. The van der Waals surface area contributed by atoms with Crippen molar-refractivity contribution in [2.45, 2.75) is 51.5 Å². The first kappa shape index (κ1) is 21.6. The third-order valence-corrected chi connectivity index (χ3v) is 6.82. The molecule has 2 aromatic heterocycles. The summed E-state index contributed by atoms with van der Waals surface area (Å²) < 4.78 is 9.97. The topological polar surface area (TPSA) is 86.9 Å². The molecule has 35 heavy (non-hydrogen) atoms. The normalized spacial score (nSPS) is 16.6. The highest BCUT2D eigenvalue weighted by atomic mass is 16.5. The van der Waals surface area contributed by atoms with Crippen LogP contribution in [0.15, 0.2) is 55.0 Å². The molecule has 6 rings (SSSR count). The van der Waals surface area contributed by atoms with Gasteiger partial charge in [-0.3, -0.25) is 4.79 Å². The van der Waals surface area contributed by atoms with Gasteiger partial charge in [0.05, 0.1) is 12.0 Å². The molecule has 8 heteroatoms. The van der Waals surface area contributed by atoms with E-state index in [-0.39, 0.29) is 11.3 Å². The highest BCUT2D eigenvalue weighted by molar-refractivity contribution is 5.97. The van der Waals surface area contributed by atoms with Gasteiger partial charge in [-0.1, -0.05) is 13.8 Å². The zero-order chi connectivity index (χ0) is 24.2. The minimum atomic E-state index is -0.178. The van der Waals surface area contributed by atoms with Crippen molar-refractivity contribution in [3.63, 3.8) is 0 Å². The first-order valence-corrected chi connectivity index (χ1v) is 12.1. The lowest BCUT2D eigenvalue weighted by atomic mass is 9.79. The van der Waals surface area contributed by atoms with Crippen molar-refractivity contribution in [3.8, 4) is 28.8 Å². The maximum atomic E-state index is 12.3. The lowest BCUT2D eigenvalue weighted by molar-refractivity contribution is 0.0929. The fourth-order valence-electron chi connectivity index (χ4n) is 4.53. The van der Waals surface area contributed by atoms with Gasteiger partial charge in [-0.05, 0) is 67.8 Å². The van der Waals surface area contributed by atoms with Crippen molar-refractivity contribution in [2.75, 3.05) is 6.54 Å². The second-order valence-corrected chi connectivity index (χ2v) is 9.94. The highest BCUT2D eigenvalue weighted by Gasteiger charge is 2.32. The number of nitrogens with one attached hydrogen (secondary N) is 1. The van der Waals surface area contributed by atoms with Gasteiger partial charge in [0, 0.05) is 47.4 Å². The molecule has 1 fully saturated rings. The van der Waals surface area contributed by atoms with E-state index in [0.717, 1.165) is 16.8 Å². The van der Waals surface area contributed by atoms with Crippen LogP contribution in [0.25, 0.3) is 17.1 Å². The molecule has 8 nitrogen and oxygen atoms in total. The zero-order valence-electron chi connectivity index (χ0n) is 20.2. The fourth-order valence-corrected chi connectivity index (χ4v) is 4.53. The molecule has 1 amide bonds. The smallest absolute Gasteiger partial charge is 0.320 e. The molecule has 0 saturated heterocycles. The van der Waals surface area contributed by atoms with Crippen LogP contribution in [0.3, 0.4) is 0 Å². The summed E-state index contributed by atoms with van der Waals surface area (Å²) in [6.07, 6.45) is 6.48. The number of amides is 1. The van der Waals surface area contributed by atoms with Crippen molar-refractivity contribution in [1.29, 1.82) is 0 Å². The second-order valence-electron chi connectivity index (χ2n) is 9.94. The molecule has 1 N–H and O–H groups in total. The SMILES string of the molecule is CCn1nc(-c2ccc(-n3cnc(C4CC4)c3)cc2)nc1Oc1ccc2c(c1)C(C)(C)CNC2=O. The predicted molar refractivity (Wildman–Crippen MR) is 132 cm³/mol. The first-order valence-electron chi connectivity index (χ1n) is 12.1. The minimum absolute atomic E-state index is 0.0483. The molecule has 2 aromatic carbocycles. The molecular formula is C27H28N6O2. The number of imidazole rings is 1. The number of aromatic nitrogens is 5. The number of hydrogen-bond donors (Lipinski definition) is 1. The van der Waals surface area contributed by atoms with Crippen molar-refractivity contribution in [2.24, 2.45) is 0 Å². The first-order chi connectivity index (χ1) is 16.9. The molecular weight excluding hydrogens is 440 g/mol. The molecule has 1 aliphatic carbocycles. The number of carbonyl (C=O) groups is 1.